The summed E-state index contributed by atoms with van der Waals surface area (Å²) in [6.45, 7) is 0.792. The van der Waals surface area contributed by atoms with Crippen LogP contribution >= 0.6 is 34.3 Å². The minimum atomic E-state index is -0.00267. The lowest BCUT2D eigenvalue weighted by atomic mass is 10.1. The van der Waals surface area contributed by atoms with Crippen LogP contribution in [0.15, 0.2) is 29.6 Å². The molecule has 22 heavy (non-hydrogen) atoms. The predicted octanol–water partition coefficient (Wildman–Crippen LogP) is 4.79. The zero-order chi connectivity index (χ0) is 15.5. The molecule has 0 radical (unpaired) electrons. The van der Waals surface area contributed by atoms with E-state index in [2.05, 4.69) is 6.07 Å². The normalized spacial score (nSPS) is 17.9. The van der Waals surface area contributed by atoms with Gasteiger partial charge in [-0.15, -0.1) is 22.7 Å². The Bertz CT molecular complexity index is 666. The average Bonchev–Trinajstić information content (AvgIpc) is 3.23. The first-order valence-electron chi connectivity index (χ1n) is 7.26. The van der Waals surface area contributed by atoms with Crippen molar-refractivity contribution in [1.82, 2.24) is 4.90 Å². The third kappa shape index (κ3) is 3.42. The number of rotatable bonds is 5. The van der Waals surface area contributed by atoms with E-state index < -0.39 is 0 Å². The topological polar surface area (TPSA) is 37.4 Å². The molecule has 6 heteroatoms. The Kier molecular flexibility index (Phi) is 4.96. The van der Waals surface area contributed by atoms with Crippen molar-refractivity contribution in [2.24, 2.45) is 0 Å². The van der Waals surface area contributed by atoms with Crippen molar-refractivity contribution in [3.8, 4) is 0 Å². The number of halogens is 1. The van der Waals surface area contributed by atoms with E-state index in [-0.39, 0.29) is 30.6 Å². The second-order valence-corrected chi connectivity index (χ2v) is 7.98. The molecule has 1 fully saturated rings. The van der Waals surface area contributed by atoms with Crippen molar-refractivity contribution in [2.45, 2.75) is 31.7 Å². The van der Waals surface area contributed by atoms with Crippen LogP contribution in [0, 0.1) is 0 Å². The summed E-state index contributed by atoms with van der Waals surface area (Å²) in [5, 5.41) is 2.04. The third-order valence-corrected chi connectivity index (χ3v) is 6.10. The van der Waals surface area contributed by atoms with Gasteiger partial charge in [0.25, 0.3) is 0 Å². The smallest absolute Gasteiger partial charge is 0.223 e. The molecule has 1 unspecified atom stereocenters. The first kappa shape index (κ1) is 15.7. The molecule has 2 aromatic rings. The molecule has 0 aliphatic carbocycles. The van der Waals surface area contributed by atoms with Crippen LogP contribution in [0.5, 0.6) is 0 Å². The fraction of sp³-hybridized carbons (Fsp3) is 0.375. The zero-order valence-corrected chi connectivity index (χ0v) is 14.3. The van der Waals surface area contributed by atoms with E-state index in [1.165, 1.54) is 16.2 Å². The highest BCUT2D eigenvalue weighted by Crippen LogP contribution is 2.35. The van der Waals surface area contributed by atoms with Crippen LogP contribution < -0.4 is 0 Å². The Morgan fingerprint density at radius 2 is 2.14 bits per heavy atom. The van der Waals surface area contributed by atoms with Crippen molar-refractivity contribution in [1.29, 1.82) is 0 Å². The van der Waals surface area contributed by atoms with E-state index in [9.17, 15) is 9.59 Å². The summed E-state index contributed by atoms with van der Waals surface area (Å²) in [6.07, 6.45) is 2.57. The molecule has 3 heterocycles. The molecule has 0 N–H and O–H groups in total. The Balaban J connectivity index is 1.58. The number of Topliss-reactive ketones (excluding diaryl/α,β-unsaturated/α-hetero) is 1. The number of thiophene rings is 2. The standard InChI is InChI=1S/C16H16ClNO2S2/c17-15-7-6-14(22-15)12(19)5-8-16(20)18-9-1-3-11(18)13-4-2-10-21-13/h2,4,6-7,10-11H,1,3,5,8-9H2. The second kappa shape index (κ2) is 6.94. The number of carbonyl (C=O) groups is 2. The molecule has 1 aliphatic rings. The van der Waals surface area contributed by atoms with E-state index in [1.54, 1.807) is 23.5 Å². The Morgan fingerprint density at radius 3 is 2.82 bits per heavy atom. The summed E-state index contributed by atoms with van der Waals surface area (Å²) in [6, 6.07) is 7.74. The highest BCUT2D eigenvalue weighted by Gasteiger charge is 2.30. The molecule has 1 saturated heterocycles. The molecule has 116 valence electrons. The van der Waals surface area contributed by atoms with Gasteiger partial charge in [-0.25, -0.2) is 0 Å². The number of likely N-dealkylation sites (tertiary alicyclic amines) is 1. The average molecular weight is 354 g/mol. The number of carbonyl (C=O) groups excluding carboxylic acids is 2. The van der Waals surface area contributed by atoms with Crippen LogP contribution in [0.2, 0.25) is 4.34 Å². The molecule has 0 spiro atoms. The monoisotopic (exact) mass is 353 g/mol. The summed E-state index contributed by atoms with van der Waals surface area (Å²) in [7, 11) is 0. The summed E-state index contributed by atoms with van der Waals surface area (Å²) in [5.41, 5.74) is 0. The van der Waals surface area contributed by atoms with Gasteiger partial charge in [0.05, 0.1) is 15.3 Å². The fourth-order valence-electron chi connectivity index (χ4n) is 2.79. The molecule has 1 atom stereocenters. The molecule has 0 aromatic carbocycles. The fourth-order valence-corrected chi connectivity index (χ4v) is 4.68. The lowest BCUT2D eigenvalue weighted by molar-refractivity contribution is -0.132. The second-order valence-electron chi connectivity index (χ2n) is 5.29. The molecule has 1 aliphatic heterocycles. The van der Waals surface area contributed by atoms with Crippen LogP contribution in [0.4, 0.5) is 0 Å². The Morgan fingerprint density at radius 1 is 1.27 bits per heavy atom. The van der Waals surface area contributed by atoms with Gasteiger partial charge in [0.1, 0.15) is 0 Å². The molecular formula is C16H16ClNO2S2. The van der Waals surface area contributed by atoms with Gasteiger partial charge in [0.15, 0.2) is 5.78 Å². The third-order valence-electron chi connectivity index (χ3n) is 3.86. The summed E-state index contributed by atoms with van der Waals surface area (Å²) in [5.74, 6) is 0.0732. The number of hydrogen-bond donors (Lipinski definition) is 0. The minimum Gasteiger partial charge on any atom is -0.335 e. The summed E-state index contributed by atoms with van der Waals surface area (Å²) < 4.78 is 0.604. The van der Waals surface area contributed by atoms with Gasteiger partial charge < -0.3 is 4.90 Å². The van der Waals surface area contributed by atoms with E-state index in [1.807, 2.05) is 16.3 Å². The molecular weight excluding hydrogens is 338 g/mol. The number of ketones is 1. The van der Waals surface area contributed by atoms with E-state index in [0.717, 1.165) is 19.4 Å². The molecule has 3 rings (SSSR count). The van der Waals surface area contributed by atoms with Crippen molar-refractivity contribution in [2.75, 3.05) is 6.54 Å². The van der Waals surface area contributed by atoms with Crippen LogP contribution in [0.25, 0.3) is 0 Å². The van der Waals surface area contributed by atoms with Gasteiger partial charge >= 0.3 is 0 Å². The Labute approximate surface area is 142 Å². The van der Waals surface area contributed by atoms with E-state index >= 15 is 0 Å². The minimum absolute atomic E-state index is 0.00267. The van der Waals surface area contributed by atoms with Gasteiger partial charge in [-0.1, -0.05) is 17.7 Å². The van der Waals surface area contributed by atoms with Gasteiger partial charge in [-0.3, -0.25) is 9.59 Å². The quantitative estimate of drug-likeness (QED) is 0.725. The summed E-state index contributed by atoms with van der Waals surface area (Å²) in [4.78, 5) is 28.3. The maximum absolute atomic E-state index is 12.4. The number of nitrogens with zero attached hydrogens (tertiary/aromatic N) is 1. The number of hydrogen-bond acceptors (Lipinski definition) is 4. The van der Waals surface area contributed by atoms with Crippen molar-refractivity contribution in [3.05, 3.63) is 43.7 Å². The largest absolute Gasteiger partial charge is 0.335 e. The molecule has 0 saturated carbocycles. The van der Waals surface area contributed by atoms with Crippen LogP contribution in [0.3, 0.4) is 0 Å². The first-order chi connectivity index (χ1) is 10.6. The molecule has 2 aromatic heterocycles. The van der Waals surface area contributed by atoms with Crippen molar-refractivity contribution in [3.63, 3.8) is 0 Å². The maximum atomic E-state index is 12.4. The van der Waals surface area contributed by atoms with Gasteiger partial charge in [0, 0.05) is 24.3 Å². The molecule has 3 nitrogen and oxygen atoms in total. The van der Waals surface area contributed by atoms with Crippen LogP contribution in [0.1, 0.15) is 46.3 Å². The highest BCUT2D eigenvalue weighted by molar-refractivity contribution is 7.18. The van der Waals surface area contributed by atoms with Gasteiger partial charge in [-0.05, 0) is 36.4 Å². The van der Waals surface area contributed by atoms with Gasteiger partial charge in [-0.2, -0.15) is 0 Å². The predicted molar refractivity (Wildman–Crippen MR) is 90.9 cm³/mol. The first-order valence-corrected chi connectivity index (χ1v) is 9.34. The summed E-state index contributed by atoms with van der Waals surface area (Å²) >= 11 is 8.80. The van der Waals surface area contributed by atoms with Gasteiger partial charge in [0.2, 0.25) is 5.91 Å². The lowest BCUT2D eigenvalue weighted by Crippen LogP contribution is -2.30. The zero-order valence-electron chi connectivity index (χ0n) is 12.0. The van der Waals surface area contributed by atoms with Crippen molar-refractivity contribution >= 4 is 46.0 Å². The Hall–Kier alpha value is -1.17. The van der Waals surface area contributed by atoms with Crippen molar-refractivity contribution < 1.29 is 9.59 Å². The highest BCUT2D eigenvalue weighted by atomic mass is 35.5. The van der Waals surface area contributed by atoms with Crippen LogP contribution in [-0.2, 0) is 4.79 Å². The molecule has 1 amide bonds. The maximum Gasteiger partial charge on any atom is 0.223 e. The molecule has 0 bridgehead atoms. The lowest BCUT2D eigenvalue weighted by Gasteiger charge is -2.23. The van der Waals surface area contributed by atoms with E-state index in [4.69, 9.17) is 11.6 Å². The van der Waals surface area contributed by atoms with E-state index in [0.29, 0.717) is 9.21 Å². The number of amides is 1. The van der Waals surface area contributed by atoms with Crippen LogP contribution in [-0.4, -0.2) is 23.1 Å². The SMILES string of the molecule is O=C(CCC(=O)N1CCCC1c1cccs1)c1ccc(Cl)s1.